The molecule has 12 heteroatoms. The molecule has 0 radical (unpaired) electrons. The second-order valence-electron chi connectivity index (χ2n) is 20.1. The molecule has 2 N–H and O–H groups in total. The third-order valence-electron chi connectivity index (χ3n) is 12.9. The molecule has 3 unspecified atom stereocenters. The van der Waals surface area contributed by atoms with Gasteiger partial charge in [-0.05, 0) is 103 Å². The fourth-order valence-corrected chi connectivity index (χ4v) is 9.09. The van der Waals surface area contributed by atoms with Crippen LogP contribution in [0.4, 0.5) is 0 Å². The van der Waals surface area contributed by atoms with Crippen LogP contribution in [0.25, 0.3) is 0 Å². The Balaban J connectivity index is 4.73. The van der Waals surface area contributed by atoms with Crippen molar-refractivity contribution >= 4 is 25.7 Å². The van der Waals surface area contributed by atoms with E-state index in [-0.39, 0.29) is 25.9 Å². The van der Waals surface area contributed by atoms with Gasteiger partial charge < -0.3 is 24.2 Å². The Hall–Kier alpha value is -2.82. The molecule has 74 heavy (non-hydrogen) atoms. The monoisotopic (exact) mass is 1060 g/mol. The second-order valence-corrected chi connectivity index (χ2v) is 21.6. The first-order valence-electron chi connectivity index (χ1n) is 30.2. The van der Waals surface area contributed by atoms with Gasteiger partial charge in [0.05, 0.1) is 19.8 Å². The van der Waals surface area contributed by atoms with Gasteiger partial charge in [0.2, 0.25) is 0 Å². The van der Waals surface area contributed by atoms with Gasteiger partial charge in [-0.1, -0.05) is 216 Å². The van der Waals surface area contributed by atoms with Crippen LogP contribution >= 0.6 is 7.82 Å². The Morgan fingerprint density at radius 3 is 1.09 bits per heavy atom. The second kappa shape index (κ2) is 56.4. The maximum absolute atomic E-state index is 12.9. The zero-order chi connectivity index (χ0) is 54.1. The Kier molecular flexibility index (Phi) is 54.2. The highest BCUT2D eigenvalue weighted by molar-refractivity contribution is 7.47. The van der Waals surface area contributed by atoms with Crippen molar-refractivity contribution in [1.82, 2.24) is 0 Å². The van der Waals surface area contributed by atoms with Gasteiger partial charge >= 0.3 is 25.7 Å². The molecule has 0 heterocycles. The molecule has 0 aliphatic rings. The van der Waals surface area contributed by atoms with Crippen LogP contribution in [0, 0.1) is 0 Å². The van der Waals surface area contributed by atoms with Gasteiger partial charge in [0.15, 0.2) is 6.10 Å². The average molecular weight is 1060 g/mol. The first kappa shape index (κ1) is 71.2. The molecule has 0 saturated carbocycles. The van der Waals surface area contributed by atoms with Crippen molar-refractivity contribution in [2.24, 2.45) is 0 Å². The van der Waals surface area contributed by atoms with E-state index < -0.39 is 57.8 Å². The maximum Gasteiger partial charge on any atom is 0.472 e. The molecule has 3 atom stereocenters. The summed E-state index contributed by atoms with van der Waals surface area (Å²) in [5.41, 5.74) is 0. The summed E-state index contributed by atoms with van der Waals surface area (Å²) >= 11 is 0. The van der Waals surface area contributed by atoms with Gasteiger partial charge in [-0.2, -0.15) is 0 Å². The van der Waals surface area contributed by atoms with Crippen LogP contribution in [-0.2, 0) is 42.2 Å². The molecule has 0 spiro atoms. The lowest BCUT2D eigenvalue weighted by Crippen LogP contribution is -2.30. The molecule has 0 aromatic heterocycles. The highest BCUT2D eigenvalue weighted by Gasteiger charge is 2.28. The van der Waals surface area contributed by atoms with Crippen LogP contribution in [0.3, 0.4) is 0 Å². The van der Waals surface area contributed by atoms with Gasteiger partial charge in [-0.25, -0.2) is 4.57 Å². The Morgan fingerprint density at radius 1 is 0.392 bits per heavy atom. The first-order valence-corrected chi connectivity index (χ1v) is 31.7. The number of ether oxygens (including phenoxy) is 3. The lowest BCUT2D eigenvalue weighted by atomic mass is 10.1. The molecule has 0 aliphatic carbocycles. The van der Waals surface area contributed by atoms with E-state index in [9.17, 15) is 28.9 Å². The van der Waals surface area contributed by atoms with E-state index >= 15 is 0 Å². The number of allylic oxidation sites excluding steroid dienone is 10. The van der Waals surface area contributed by atoms with Crippen LogP contribution in [0.5, 0.6) is 0 Å². The standard InChI is InChI=1S/C62H111O11P/c1-4-7-10-13-16-19-22-25-28-29-32-35-38-41-44-47-50-53-62(66)73-59(55-69-60(64)51-48-45-42-39-36-33-30-26-23-20-17-14-11-8-5-2)57-71-74(67,68)70-56-58(54-63)72-61(65)52-49-46-43-40-37-34-31-27-24-21-18-15-12-9-6-3/h7,10,16,19,25-28,30-31,58-59,63H,4-6,8-9,11-15,17-18,20-24,29,32-57H2,1-3H3,(H,67,68)/b10-7-,19-16-,28-25-,30-26-,31-27-. The van der Waals surface area contributed by atoms with E-state index in [1.165, 1.54) is 83.5 Å². The number of esters is 3. The summed E-state index contributed by atoms with van der Waals surface area (Å²) < 4.78 is 39.6. The van der Waals surface area contributed by atoms with E-state index in [4.69, 9.17) is 23.3 Å². The Bertz CT molecular complexity index is 1470. The van der Waals surface area contributed by atoms with E-state index in [0.717, 1.165) is 135 Å². The first-order chi connectivity index (χ1) is 36.2. The van der Waals surface area contributed by atoms with Crippen LogP contribution < -0.4 is 0 Å². The van der Waals surface area contributed by atoms with E-state index in [1.807, 2.05) is 0 Å². The molecule has 0 saturated heterocycles. The number of hydrogen-bond donors (Lipinski definition) is 2. The van der Waals surface area contributed by atoms with E-state index in [2.05, 4.69) is 81.5 Å². The van der Waals surface area contributed by atoms with Gasteiger partial charge in [0.1, 0.15) is 12.7 Å². The summed E-state index contributed by atoms with van der Waals surface area (Å²) in [7, 11) is -4.75. The third kappa shape index (κ3) is 54.0. The van der Waals surface area contributed by atoms with Gasteiger partial charge in [0, 0.05) is 19.3 Å². The van der Waals surface area contributed by atoms with Gasteiger partial charge in [-0.3, -0.25) is 23.4 Å². The molecule has 0 bridgehead atoms. The minimum absolute atomic E-state index is 0.154. The summed E-state index contributed by atoms with van der Waals surface area (Å²) in [6, 6.07) is 0. The van der Waals surface area contributed by atoms with Crippen molar-refractivity contribution in [1.29, 1.82) is 0 Å². The molecular weight excluding hydrogens is 952 g/mol. The highest BCUT2D eigenvalue weighted by Crippen LogP contribution is 2.43. The molecule has 11 nitrogen and oxygen atoms in total. The number of phosphoric ester groups is 1. The summed E-state index contributed by atoms with van der Waals surface area (Å²) in [5.74, 6) is -1.48. The Morgan fingerprint density at radius 2 is 0.703 bits per heavy atom. The third-order valence-corrected chi connectivity index (χ3v) is 13.8. The summed E-state index contributed by atoms with van der Waals surface area (Å²) in [6.45, 7) is 4.52. The predicted octanol–water partition coefficient (Wildman–Crippen LogP) is 17.9. The SMILES string of the molecule is CC/C=C\C/C=C\C/C=C\CCCCCCCCCC(=O)OC(COC(=O)CCCCCCC/C=C\CCCCCCCC)COP(=O)(O)OCC(CO)OC(=O)CCCCCCC/C=C\CCCCCCCC. The number of aliphatic hydroxyl groups is 1. The van der Waals surface area contributed by atoms with Crippen molar-refractivity contribution in [2.45, 2.75) is 290 Å². The Labute approximate surface area is 453 Å². The quantitative estimate of drug-likeness (QED) is 0.0197. The molecule has 0 fully saturated rings. The predicted molar refractivity (Wildman–Crippen MR) is 307 cm³/mol. The van der Waals surface area contributed by atoms with Crippen molar-refractivity contribution in [2.75, 3.05) is 26.4 Å². The number of hydrogen-bond acceptors (Lipinski definition) is 10. The van der Waals surface area contributed by atoms with Crippen molar-refractivity contribution in [3.63, 3.8) is 0 Å². The minimum atomic E-state index is -4.75. The fraction of sp³-hybridized carbons (Fsp3) is 0.790. The largest absolute Gasteiger partial charge is 0.472 e. The topological polar surface area (TPSA) is 155 Å². The number of phosphoric acid groups is 1. The number of unbranched alkanes of at least 4 members (excludes halogenated alkanes) is 29. The fourth-order valence-electron chi connectivity index (χ4n) is 8.30. The minimum Gasteiger partial charge on any atom is -0.462 e. The lowest BCUT2D eigenvalue weighted by molar-refractivity contribution is -0.161. The van der Waals surface area contributed by atoms with Crippen LogP contribution in [0.2, 0.25) is 0 Å². The normalized spacial score (nSPS) is 13.7. The lowest BCUT2D eigenvalue weighted by Gasteiger charge is -2.21. The van der Waals surface area contributed by atoms with Crippen LogP contribution in [0.15, 0.2) is 60.8 Å². The molecule has 430 valence electrons. The molecule has 0 rings (SSSR count). The maximum atomic E-state index is 12.9. The van der Waals surface area contributed by atoms with Crippen molar-refractivity contribution in [3.05, 3.63) is 60.8 Å². The number of carbonyl (C=O) groups excluding carboxylic acids is 3. The average Bonchev–Trinajstić information content (AvgIpc) is 3.39. The van der Waals surface area contributed by atoms with Crippen molar-refractivity contribution < 1.29 is 52.2 Å². The highest BCUT2D eigenvalue weighted by atomic mass is 31.2. The molecule has 0 amide bonds. The summed E-state index contributed by atoms with van der Waals surface area (Å²) in [5, 5.41) is 9.82. The zero-order valence-electron chi connectivity index (χ0n) is 47.6. The zero-order valence-corrected chi connectivity index (χ0v) is 48.5. The number of carbonyl (C=O) groups is 3. The van der Waals surface area contributed by atoms with Crippen LogP contribution in [-0.4, -0.2) is 66.5 Å². The van der Waals surface area contributed by atoms with Gasteiger partial charge in [0.25, 0.3) is 0 Å². The van der Waals surface area contributed by atoms with Gasteiger partial charge in [-0.15, -0.1) is 0 Å². The molecule has 0 aromatic carbocycles. The number of rotatable bonds is 56. The summed E-state index contributed by atoms with van der Waals surface area (Å²) in [4.78, 5) is 48.6. The van der Waals surface area contributed by atoms with E-state index in [0.29, 0.717) is 19.3 Å². The number of aliphatic hydroxyl groups excluding tert-OH is 1. The van der Waals surface area contributed by atoms with Crippen molar-refractivity contribution in [3.8, 4) is 0 Å². The van der Waals surface area contributed by atoms with Crippen LogP contribution in [0.1, 0.15) is 278 Å². The van der Waals surface area contributed by atoms with E-state index in [1.54, 1.807) is 0 Å². The summed E-state index contributed by atoms with van der Waals surface area (Å²) in [6.07, 6.45) is 61.7. The molecular formula is C62H111O11P. The molecule has 0 aromatic rings. The smallest absolute Gasteiger partial charge is 0.462 e. The molecule has 0 aliphatic heterocycles.